The van der Waals surface area contributed by atoms with Crippen LogP contribution in [0.15, 0.2) is 36.5 Å². The van der Waals surface area contributed by atoms with Crippen LogP contribution in [0.4, 0.5) is 4.39 Å². The Morgan fingerprint density at radius 2 is 2.03 bits per heavy atom. The lowest BCUT2D eigenvalue weighted by Crippen LogP contribution is -2.29. The summed E-state index contributed by atoms with van der Waals surface area (Å²) in [5, 5.41) is 10.9. The molecule has 1 N–H and O–H groups in total. The smallest absolute Gasteiger partial charge is 0.130 e. The Morgan fingerprint density at radius 1 is 1.28 bits per heavy atom. The van der Waals surface area contributed by atoms with Gasteiger partial charge in [-0.2, -0.15) is 0 Å². The number of halogens is 2. The first-order chi connectivity index (χ1) is 14.0. The molecule has 1 saturated heterocycles. The van der Waals surface area contributed by atoms with E-state index in [1.165, 1.54) is 6.07 Å². The van der Waals surface area contributed by atoms with Gasteiger partial charge in [0.05, 0.1) is 6.54 Å². The second kappa shape index (κ2) is 9.93. The first kappa shape index (κ1) is 21.4. The zero-order valence-electron chi connectivity index (χ0n) is 17.2. The molecule has 1 aromatic carbocycles. The molecule has 0 radical (unpaired) electrons. The molecule has 1 aliphatic rings. The summed E-state index contributed by atoms with van der Waals surface area (Å²) in [6, 6.07) is 5.20. The van der Waals surface area contributed by atoms with Gasteiger partial charge in [0.15, 0.2) is 0 Å². The summed E-state index contributed by atoms with van der Waals surface area (Å²) in [6.45, 7) is 6.20. The molecule has 2 aromatic rings. The molecule has 3 nitrogen and oxygen atoms in total. The van der Waals surface area contributed by atoms with Gasteiger partial charge in [0.25, 0.3) is 0 Å². The van der Waals surface area contributed by atoms with Gasteiger partial charge in [-0.05, 0) is 55.7 Å². The van der Waals surface area contributed by atoms with E-state index in [0.29, 0.717) is 28.5 Å². The van der Waals surface area contributed by atoms with Crippen molar-refractivity contribution < 1.29 is 4.39 Å². The van der Waals surface area contributed by atoms with Crippen LogP contribution >= 0.6 is 11.6 Å². The highest BCUT2D eigenvalue weighted by Crippen LogP contribution is 2.24. The van der Waals surface area contributed by atoms with Gasteiger partial charge in [0, 0.05) is 40.8 Å². The molecule has 2 heterocycles. The number of hydrogen-bond acceptors (Lipinski definition) is 1. The Kier molecular flexibility index (Phi) is 7.32. The molecule has 0 unspecified atom stereocenters. The average molecular weight is 414 g/mol. The highest BCUT2D eigenvalue weighted by molar-refractivity contribution is 6.31. The van der Waals surface area contributed by atoms with Crippen molar-refractivity contribution in [3.05, 3.63) is 69.1 Å². The van der Waals surface area contributed by atoms with Crippen LogP contribution in [0.25, 0.3) is 12.2 Å². The van der Waals surface area contributed by atoms with E-state index in [2.05, 4.69) is 31.2 Å². The van der Waals surface area contributed by atoms with Gasteiger partial charge in [0.1, 0.15) is 11.7 Å². The molecule has 154 valence electrons. The van der Waals surface area contributed by atoms with Crippen molar-refractivity contribution in [3.8, 4) is 0 Å². The third-order valence-corrected chi connectivity index (χ3v) is 5.70. The van der Waals surface area contributed by atoms with Crippen molar-refractivity contribution in [1.82, 2.24) is 9.47 Å². The molecule has 0 saturated carbocycles. The summed E-state index contributed by atoms with van der Waals surface area (Å²) in [5.41, 5.74) is 0.998. The topological polar surface area (TPSA) is 32.0 Å². The zero-order valence-corrected chi connectivity index (χ0v) is 18.0. The maximum Gasteiger partial charge on any atom is 0.130 e. The number of likely N-dealkylation sites (tertiary alicyclic amines) is 1. The second-order valence-corrected chi connectivity index (χ2v) is 7.82. The molecule has 0 bridgehead atoms. The summed E-state index contributed by atoms with van der Waals surface area (Å²) >= 11 is 6.47. The van der Waals surface area contributed by atoms with E-state index in [9.17, 15) is 4.39 Å². The molecule has 0 aliphatic carbocycles. The number of unbranched alkanes of at least 4 members (excludes halogenated alkanes) is 1. The Hall–Kier alpha value is -2.33. The van der Waals surface area contributed by atoms with E-state index in [4.69, 9.17) is 17.0 Å². The van der Waals surface area contributed by atoms with Gasteiger partial charge in [-0.3, -0.25) is 5.41 Å². The van der Waals surface area contributed by atoms with Crippen molar-refractivity contribution in [1.29, 1.82) is 5.41 Å². The van der Waals surface area contributed by atoms with Crippen LogP contribution in [0.3, 0.4) is 0 Å². The molecule has 0 atom stereocenters. The normalized spacial score (nSPS) is 15.8. The number of nitrogens with zero attached hydrogens (tertiary/aromatic N) is 2. The van der Waals surface area contributed by atoms with E-state index in [1.807, 2.05) is 28.7 Å². The number of rotatable bonds is 6. The predicted molar refractivity (Wildman–Crippen MR) is 120 cm³/mol. The van der Waals surface area contributed by atoms with Gasteiger partial charge < -0.3 is 9.47 Å². The van der Waals surface area contributed by atoms with E-state index in [0.717, 1.165) is 49.3 Å². The molecule has 0 spiro atoms. The third kappa shape index (κ3) is 4.99. The van der Waals surface area contributed by atoms with Crippen LogP contribution in [0.5, 0.6) is 0 Å². The third-order valence-electron chi connectivity index (χ3n) is 5.36. The number of nitrogens with one attached hydrogen (secondary N) is 1. The SMILES string of the molecule is C/C=c1/ccn(Cc2c(F)cc(C(=N)N3CCCC3)cc2Cl)/c1=C/C=C\CCC. The molecule has 1 aromatic heterocycles. The standard InChI is InChI=1S/C24H29ClFN3/c1-3-5-6-7-10-23-18(4-2)11-14-29(23)17-20-21(25)15-19(16-22(20)26)24(27)28-12-8-9-13-28/h4,6-7,10-11,14-16,27H,3,5,8-9,12-13,17H2,1-2H3/b7-6-,18-4-,23-10+,27-24?. The fraction of sp³-hybridized carbons (Fsp3) is 0.375. The summed E-state index contributed by atoms with van der Waals surface area (Å²) in [6.07, 6.45) is 14.6. The maximum atomic E-state index is 15.0. The molecule has 1 fully saturated rings. The summed E-state index contributed by atoms with van der Waals surface area (Å²) in [4.78, 5) is 1.98. The predicted octanol–water partition coefficient (Wildman–Crippen LogP) is 4.69. The highest BCUT2D eigenvalue weighted by Gasteiger charge is 2.19. The fourth-order valence-electron chi connectivity index (χ4n) is 3.68. The summed E-state index contributed by atoms with van der Waals surface area (Å²) < 4.78 is 17.0. The Labute approximate surface area is 177 Å². The van der Waals surface area contributed by atoms with Crippen LogP contribution in [-0.2, 0) is 6.54 Å². The monoisotopic (exact) mass is 413 g/mol. The molecule has 1 aliphatic heterocycles. The molecular weight excluding hydrogens is 385 g/mol. The lowest BCUT2D eigenvalue weighted by atomic mass is 10.1. The number of benzene rings is 1. The van der Waals surface area contributed by atoms with Crippen molar-refractivity contribution in [3.63, 3.8) is 0 Å². The van der Waals surface area contributed by atoms with Crippen LogP contribution < -0.4 is 10.6 Å². The number of allylic oxidation sites excluding steroid dienone is 2. The minimum Gasteiger partial charge on any atom is -0.357 e. The largest absolute Gasteiger partial charge is 0.357 e. The quantitative estimate of drug-likeness (QED) is 0.540. The van der Waals surface area contributed by atoms with Crippen molar-refractivity contribution >= 4 is 29.6 Å². The molecular formula is C24H29ClFN3. The van der Waals surface area contributed by atoms with Gasteiger partial charge >= 0.3 is 0 Å². The molecule has 5 heteroatoms. The Morgan fingerprint density at radius 3 is 2.69 bits per heavy atom. The van der Waals surface area contributed by atoms with Crippen LogP contribution in [0, 0.1) is 11.2 Å². The first-order valence-corrected chi connectivity index (χ1v) is 10.7. The van der Waals surface area contributed by atoms with Gasteiger partial charge in [-0.15, -0.1) is 0 Å². The summed E-state index contributed by atoms with van der Waals surface area (Å²) in [5.74, 6) is -0.00610. The molecule has 0 amide bonds. The lowest BCUT2D eigenvalue weighted by Gasteiger charge is -2.19. The Balaban J connectivity index is 1.91. The highest BCUT2D eigenvalue weighted by atomic mass is 35.5. The number of hydrogen-bond donors (Lipinski definition) is 1. The van der Waals surface area contributed by atoms with Crippen LogP contribution in [0.1, 0.15) is 50.7 Å². The lowest BCUT2D eigenvalue weighted by molar-refractivity contribution is 0.516. The first-order valence-electron chi connectivity index (χ1n) is 10.3. The van der Waals surface area contributed by atoms with E-state index < -0.39 is 0 Å². The number of amidine groups is 1. The average Bonchev–Trinajstić information content (AvgIpc) is 3.37. The fourth-order valence-corrected chi connectivity index (χ4v) is 3.95. The number of aromatic nitrogens is 1. The van der Waals surface area contributed by atoms with E-state index >= 15 is 0 Å². The van der Waals surface area contributed by atoms with Crippen molar-refractivity contribution in [2.45, 2.75) is 46.1 Å². The van der Waals surface area contributed by atoms with Gasteiger partial charge in [-0.1, -0.05) is 43.2 Å². The Bertz CT molecular complexity index is 990. The molecule has 3 rings (SSSR count). The van der Waals surface area contributed by atoms with E-state index in [-0.39, 0.29) is 5.82 Å². The van der Waals surface area contributed by atoms with E-state index in [1.54, 1.807) is 6.07 Å². The second-order valence-electron chi connectivity index (χ2n) is 7.42. The van der Waals surface area contributed by atoms with Crippen molar-refractivity contribution in [2.24, 2.45) is 0 Å². The minimum atomic E-state index is -0.361. The van der Waals surface area contributed by atoms with Crippen molar-refractivity contribution in [2.75, 3.05) is 13.1 Å². The van der Waals surface area contributed by atoms with Crippen LogP contribution in [-0.4, -0.2) is 28.4 Å². The molecule has 29 heavy (non-hydrogen) atoms. The minimum absolute atomic E-state index is 0.350. The van der Waals surface area contributed by atoms with Crippen LogP contribution in [0.2, 0.25) is 5.02 Å². The van der Waals surface area contributed by atoms with Gasteiger partial charge in [0.2, 0.25) is 0 Å². The zero-order chi connectivity index (χ0) is 20.8. The summed E-state index contributed by atoms with van der Waals surface area (Å²) in [7, 11) is 0. The van der Waals surface area contributed by atoms with Gasteiger partial charge in [-0.25, -0.2) is 4.39 Å². The maximum absolute atomic E-state index is 15.0.